The molecule has 38 heavy (non-hydrogen) atoms. The largest absolute Gasteiger partial charge is 0.493 e. The van der Waals surface area contributed by atoms with Gasteiger partial charge >= 0.3 is 0 Å². The van der Waals surface area contributed by atoms with Gasteiger partial charge in [-0.25, -0.2) is 17.2 Å². The molecule has 0 bridgehead atoms. The van der Waals surface area contributed by atoms with Crippen molar-refractivity contribution in [3.8, 4) is 11.5 Å². The van der Waals surface area contributed by atoms with E-state index in [9.17, 15) is 22.0 Å². The molecule has 1 aliphatic heterocycles. The van der Waals surface area contributed by atoms with Crippen molar-refractivity contribution in [2.45, 2.75) is 6.54 Å². The summed E-state index contributed by atoms with van der Waals surface area (Å²) in [7, 11) is -1.16. The predicted molar refractivity (Wildman–Crippen MR) is 141 cm³/mol. The lowest BCUT2D eigenvalue weighted by molar-refractivity contribution is 0.0747. The molecule has 8 nitrogen and oxygen atoms in total. The van der Waals surface area contributed by atoms with E-state index in [1.54, 1.807) is 29.2 Å². The van der Waals surface area contributed by atoms with E-state index in [4.69, 9.17) is 9.47 Å². The number of hydrogen-bond acceptors (Lipinski definition) is 6. The summed E-state index contributed by atoms with van der Waals surface area (Å²) in [5, 5.41) is 0. The number of rotatable bonds is 8. The third-order valence-electron chi connectivity index (χ3n) is 6.43. The number of amides is 1. The van der Waals surface area contributed by atoms with E-state index in [1.807, 2.05) is 4.90 Å². The molecular formula is C27H29F2N3O5S. The van der Waals surface area contributed by atoms with Crippen LogP contribution in [0.3, 0.4) is 0 Å². The molecule has 4 rings (SSSR count). The first-order chi connectivity index (χ1) is 18.1. The molecule has 3 aromatic rings. The first kappa shape index (κ1) is 27.2. The molecule has 0 atom stereocenters. The number of ether oxygens (including phenoxy) is 2. The Balaban J connectivity index is 1.71. The molecule has 1 aliphatic rings. The van der Waals surface area contributed by atoms with Crippen molar-refractivity contribution in [2.24, 2.45) is 0 Å². The molecule has 1 heterocycles. The lowest BCUT2D eigenvalue weighted by Crippen LogP contribution is -2.49. The van der Waals surface area contributed by atoms with Crippen LogP contribution < -0.4 is 18.7 Å². The van der Waals surface area contributed by atoms with E-state index in [-0.39, 0.29) is 53.8 Å². The van der Waals surface area contributed by atoms with Crippen molar-refractivity contribution in [1.82, 2.24) is 4.90 Å². The summed E-state index contributed by atoms with van der Waals surface area (Å²) in [6.45, 7) is 1.02. The fraction of sp³-hybridized carbons (Fsp3) is 0.296. The number of anilines is 2. The lowest BCUT2D eigenvalue weighted by Gasteiger charge is -2.37. The number of sulfonamides is 1. The zero-order valence-corrected chi connectivity index (χ0v) is 22.2. The van der Waals surface area contributed by atoms with Gasteiger partial charge in [-0.3, -0.25) is 9.10 Å². The van der Waals surface area contributed by atoms with Crippen LogP contribution in [0.4, 0.5) is 20.2 Å². The molecule has 0 radical (unpaired) electrons. The second-order valence-electron chi connectivity index (χ2n) is 8.82. The van der Waals surface area contributed by atoms with Gasteiger partial charge in [0, 0.05) is 37.8 Å². The number of hydrogen-bond donors (Lipinski definition) is 0. The van der Waals surface area contributed by atoms with Crippen LogP contribution in [0.2, 0.25) is 0 Å². The van der Waals surface area contributed by atoms with Crippen LogP contribution in [0.25, 0.3) is 0 Å². The average Bonchev–Trinajstić information content (AvgIpc) is 2.91. The van der Waals surface area contributed by atoms with E-state index < -0.39 is 21.7 Å². The first-order valence-electron chi connectivity index (χ1n) is 11.9. The molecule has 0 saturated carbocycles. The number of carbonyl (C=O) groups is 1. The van der Waals surface area contributed by atoms with Crippen molar-refractivity contribution in [2.75, 3.05) is 55.9 Å². The molecule has 1 fully saturated rings. The quantitative estimate of drug-likeness (QED) is 0.427. The molecule has 0 aliphatic carbocycles. The molecular weight excluding hydrogens is 516 g/mol. The number of piperazine rings is 1. The highest BCUT2D eigenvalue weighted by atomic mass is 32.2. The maximum atomic E-state index is 14.5. The van der Waals surface area contributed by atoms with Gasteiger partial charge in [0.2, 0.25) is 10.0 Å². The average molecular weight is 546 g/mol. The Bertz CT molecular complexity index is 1430. The molecule has 0 spiro atoms. The molecule has 1 saturated heterocycles. The van der Waals surface area contributed by atoms with E-state index in [1.165, 1.54) is 50.6 Å². The molecule has 0 aromatic heterocycles. The van der Waals surface area contributed by atoms with E-state index in [2.05, 4.69) is 0 Å². The van der Waals surface area contributed by atoms with Crippen LogP contribution in [0.15, 0.2) is 60.7 Å². The maximum Gasteiger partial charge on any atom is 0.256 e. The van der Waals surface area contributed by atoms with Crippen LogP contribution in [-0.2, 0) is 16.6 Å². The highest BCUT2D eigenvalue weighted by molar-refractivity contribution is 7.92. The van der Waals surface area contributed by atoms with E-state index in [0.717, 1.165) is 10.6 Å². The highest BCUT2D eigenvalue weighted by Crippen LogP contribution is 2.38. The van der Waals surface area contributed by atoms with Crippen molar-refractivity contribution < 1.29 is 31.5 Å². The van der Waals surface area contributed by atoms with E-state index >= 15 is 0 Å². The topological polar surface area (TPSA) is 79.4 Å². The summed E-state index contributed by atoms with van der Waals surface area (Å²) in [6.07, 6.45) is 0.992. The van der Waals surface area contributed by atoms with Crippen LogP contribution in [0, 0.1) is 11.6 Å². The molecule has 0 N–H and O–H groups in total. The second-order valence-corrected chi connectivity index (χ2v) is 10.7. The Labute approximate surface area is 221 Å². The summed E-state index contributed by atoms with van der Waals surface area (Å²) in [6, 6.07) is 15.1. The Kier molecular flexibility index (Phi) is 8.05. The van der Waals surface area contributed by atoms with Crippen molar-refractivity contribution in [3.05, 3.63) is 83.4 Å². The number of carbonyl (C=O) groups excluding carboxylic acids is 1. The van der Waals surface area contributed by atoms with Gasteiger partial charge in [-0.2, -0.15) is 0 Å². The highest BCUT2D eigenvalue weighted by Gasteiger charge is 2.31. The minimum Gasteiger partial charge on any atom is -0.493 e. The summed E-state index contributed by atoms with van der Waals surface area (Å²) in [4.78, 5) is 17.2. The standard InChI is InChI=1S/C27H29F2N3O5S/c1-36-25-16-20(27(33)31-14-12-30(13-15-31)23-11-7-6-10-22(23)29)24(17-26(25)37-2)32(38(3,34)35)18-19-8-4-5-9-21(19)28/h4-11,16-17H,12-15,18H2,1-3H3. The van der Waals surface area contributed by atoms with Crippen molar-refractivity contribution in [3.63, 3.8) is 0 Å². The number of nitrogens with zero attached hydrogens (tertiary/aromatic N) is 3. The van der Waals surface area contributed by atoms with Gasteiger partial charge in [-0.05, 0) is 24.3 Å². The number of halogens is 2. The molecule has 11 heteroatoms. The second kappa shape index (κ2) is 11.3. The van der Waals surface area contributed by atoms with Gasteiger partial charge in [0.15, 0.2) is 11.5 Å². The third kappa shape index (κ3) is 5.67. The van der Waals surface area contributed by atoms with Crippen LogP contribution in [-0.4, -0.2) is 65.9 Å². The normalized spacial score (nSPS) is 13.8. The van der Waals surface area contributed by atoms with Crippen molar-refractivity contribution >= 4 is 27.3 Å². The SMILES string of the molecule is COc1cc(C(=O)N2CCN(c3ccccc3F)CC2)c(N(Cc2ccccc2F)S(C)(=O)=O)cc1OC. The van der Waals surface area contributed by atoms with Gasteiger partial charge in [-0.15, -0.1) is 0 Å². The summed E-state index contributed by atoms with van der Waals surface area (Å²) in [5.41, 5.74) is 0.697. The summed E-state index contributed by atoms with van der Waals surface area (Å²) in [5.74, 6) is -0.893. The monoisotopic (exact) mass is 545 g/mol. The van der Waals surface area contributed by atoms with Gasteiger partial charge in [0.1, 0.15) is 11.6 Å². The summed E-state index contributed by atoms with van der Waals surface area (Å²) >= 11 is 0. The van der Waals surface area contributed by atoms with Crippen molar-refractivity contribution in [1.29, 1.82) is 0 Å². The minimum atomic E-state index is -3.96. The molecule has 1 amide bonds. The number of methoxy groups -OCH3 is 2. The maximum absolute atomic E-state index is 14.5. The van der Waals surface area contributed by atoms with Crippen LogP contribution >= 0.6 is 0 Å². The van der Waals surface area contributed by atoms with Gasteiger partial charge in [0.25, 0.3) is 5.91 Å². The van der Waals surface area contributed by atoms with Gasteiger partial charge in [0.05, 0.1) is 44.0 Å². The summed E-state index contributed by atoms with van der Waals surface area (Å²) < 4.78 is 66.4. The zero-order chi connectivity index (χ0) is 27.4. The molecule has 0 unspecified atom stereocenters. The van der Waals surface area contributed by atoms with Crippen LogP contribution in [0.5, 0.6) is 11.5 Å². The Morgan fingerprint density at radius 3 is 2.05 bits per heavy atom. The van der Waals surface area contributed by atoms with Crippen LogP contribution in [0.1, 0.15) is 15.9 Å². The van der Waals surface area contributed by atoms with Gasteiger partial charge in [-0.1, -0.05) is 30.3 Å². The third-order valence-corrected chi connectivity index (χ3v) is 7.56. The zero-order valence-electron chi connectivity index (χ0n) is 21.4. The fourth-order valence-corrected chi connectivity index (χ4v) is 5.32. The predicted octanol–water partition coefficient (Wildman–Crippen LogP) is 3.91. The smallest absolute Gasteiger partial charge is 0.256 e. The minimum absolute atomic E-state index is 0.0370. The molecule has 3 aromatic carbocycles. The first-order valence-corrected chi connectivity index (χ1v) is 13.7. The Morgan fingerprint density at radius 2 is 1.47 bits per heavy atom. The fourth-order valence-electron chi connectivity index (χ4n) is 4.44. The molecule has 202 valence electrons. The lowest BCUT2D eigenvalue weighted by atomic mass is 10.1. The number of para-hydroxylation sites is 1. The van der Waals surface area contributed by atoms with Gasteiger partial charge < -0.3 is 19.3 Å². The Hall–Kier alpha value is -3.86. The Morgan fingerprint density at radius 1 is 0.895 bits per heavy atom. The van der Waals surface area contributed by atoms with E-state index in [0.29, 0.717) is 18.8 Å². The number of benzene rings is 3.